The number of carbonyl (C=O) groups excluding carboxylic acids is 2. The molecule has 0 spiro atoms. The lowest BCUT2D eigenvalue weighted by Gasteiger charge is -2.67. The Morgan fingerprint density at radius 3 is 2.44 bits per heavy atom. The second-order valence-electron chi connectivity index (χ2n) is 9.45. The first-order chi connectivity index (χ1) is 12.6. The third kappa shape index (κ3) is 2.18. The zero-order valence-corrected chi connectivity index (χ0v) is 16.6. The number of rotatable bonds is 1. The first kappa shape index (κ1) is 19.1. The highest BCUT2D eigenvalue weighted by atomic mass is 16.6. The van der Waals surface area contributed by atoms with E-state index >= 15 is 0 Å². The lowest BCUT2D eigenvalue weighted by Crippen LogP contribution is -2.73. The molecule has 3 fully saturated rings. The fourth-order valence-electron chi connectivity index (χ4n) is 7.16. The molecule has 2 saturated carbocycles. The third-order valence-corrected chi connectivity index (χ3v) is 8.47. The number of carbonyl (C=O) groups is 2. The number of hydrogen-bond acceptors (Lipinski definition) is 6. The Hall–Kier alpha value is -1.24. The van der Waals surface area contributed by atoms with Crippen LogP contribution < -0.4 is 0 Å². The van der Waals surface area contributed by atoms with Gasteiger partial charge in [0.1, 0.15) is 6.10 Å². The minimum Gasteiger partial charge on any atom is -0.493 e. The van der Waals surface area contributed by atoms with Crippen LogP contribution in [0.1, 0.15) is 40.5 Å². The standard InChI is InChI=1S/C21H30O6/c1-9-6-13(26-5)19(25)21(4)11(9)7-14-20(3)12(8-15(22)27-14)10(2)16(23)17(24)18(20)21/h6,9-12,14-15,17-18,22,24H,7-8H2,1-5H3/t9-,10-,11?,12+,14-,15+,17-,18?,20-,21+/m1/s1. The number of hydrogen-bond donors (Lipinski definition) is 2. The first-order valence-electron chi connectivity index (χ1n) is 9.94. The van der Waals surface area contributed by atoms with Gasteiger partial charge in [-0.1, -0.05) is 27.7 Å². The summed E-state index contributed by atoms with van der Waals surface area (Å²) in [5, 5.41) is 21.4. The van der Waals surface area contributed by atoms with Crippen molar-refractivity contribution in [3.8, 4) is 0 Å². The van der Waals surface area contributed by atoms with Gasteiger partial charge in [-0.15, -0.1) is 0 Å². The topological polar surface area (TPSA) is 93.1 Å². The number of fused-ring (bicyclic) bond motifs is 2. The molecule has 10 atom stereocenters. The molecule has 0 bridgehead atoms. The smallest absolute Gasteiger partial charge is 0.203 e. The lowest BCUT2D eigenvalue weighted by atomic mass is 9.38. The van der Waals surface area contributed by atoms with Gasteiger partial charge in [-0.3, -0.25) is 9.59 Å². The van der Waals surface area contributed by atoms with Gasteiger partial charge in [-0.05, 0) is 30.3 Å². The number of aliphatic hydroxyl groups excluding tert-OH is 2. The predicted molar refractivity (Wildman–Crippen MR) is 96.2 cm³/mol. The molecule has 1 aliphatic heterocycles. The summed E-state index contributed by atoms with van der Waals surface area (Å²) in [6, 6.07) is 0. The van der Waals surface area contributed by atoms with Crippen LogP contribution in [-0.4, -0.2) is 47.4 Å². The Bertz CT molecular complexity index is 715. The molecule has 3 aliphatic carbocycles. The number of allylic oxidation sites excluding steroid dienone is 2. The van der Waals surface area contributed by atoms with Crippen molar-refractivity contribution < 1.29 is 29.3 Å². The van der Waals surface area contributed by atoms with Crippen LogP contribution in [0.15, 0.2) is 11.8 Å². The van der Waals surface area contributed by atoms with Crippen molar-refractivity contribution in [3.63, 3.8) is 0 Å². The van der Waals surface area contributed by atoms with Gasteiger partial charge >= 0.3 is 0 Å². The molecule has 0 aromatic carbocycles. The highest BCUT2D eigenvalue weighted by molar-refractivity contribution is 6.00. The summed E-state index contributed by atoms with van der Waals surface area (Å²) in [6.07, 6.45) is 0.373. The van der Waals surface area contributed by atoms with Gasteiger partial charge in [0.05, 0.1) is 13.2 Å². The van der Waals surface area contributed by atoms with Gasteiger partial charge < -0.3 is 19.7 Å². The molecule has 4 rings (SSSR count). The summed E-state index contributed by atoms with van der Waals surface area (Å²) in [7, 11) is 1.49. The van der Waals surface area contributed by atoms with Crippen molar-refractivity contribution in [3.05, 3.63) is 11.8 Å². The van der Waals surface area contributed by atoms with Crippen LogP contribution in [0.2, 0.25) is 0 Å². The molecule has 27 heavy (non-hydrogen) atoms. The molecular weight excluding hydrogens is 348 g/mol. The van der Waals surface area contributed by atoms with Gasteiger partial charge in [-0.2, -0.15) is 0 Å². The molecule has 1 saturated heterocycles. The Kier molecular flexibility index (Phi) is 4.16. The second-order valence-corrected chi connectivity index (χ2v) is 9.45. The second kappa shape index (κ2) is 5.88. The Labute approximate surface area is 159 Å². The third-order valence-electron chi connectivity index (χ3n) is 8.47. The zero-order chi connectivity index (χ0) is 19.9. The van der Waals surface area contributed by atoms with E-state index in [9.17, 15) is 19.8 Å². The molecule has 0 aromatic rings. The van der Waals surface area contributed by atoms with E-state index in [1.54, 1.807) is 0 Å². The van der Waals surface area contributed by atoms with Gasteiger partial charge in [-0.25, -0.2) is 0 Å². The summed E-state index contributed by atoms with van der Waals surface area (Å²) in [5.74, 6) is -1.18. The van der Waals surface area contributed by atoms with E-state index in [1.807, 2.05) is 33.8 Å². The molecule has 150 valence electrons. The van der Waals surface area contributed by atoms with E-state index in [4.69, 9.17) is 9.47 Å². The monoisotopic (exact) mass is 378 g/mol. The maximum atomic E-state index is 13.5. The van der Waals surface area contributed by atoms with Crippen molar-refractivity contribution in [2.75, 3.05) is 7.11 Å². The van der Waals surface area contributed by atoms with Crippen molar-refractivity contribution >= 4 is 11.6 Å². The number of methoxy groups -OCH3 is 1. The summed E-state index contributed by atoms with van der Waals surface area (Å²) >= 11 is 0. The lowest BCUT2D eigenvalue weighted by molar-refractivity contribution is -0.302. The zero-order valence-electron chi connectivity index (χ0n) is 16.6. The minimum atomic E-state index is -1.22. The molecule has 4 aliphatic rings. The quantitative estimate of drug-likeness (QED) is 0.721. The van der Waals surface area contributed by atoms with E-state index < -0.39 is 29.1 Å². The molecule has 6 nitrogen and oxygen atoms in total. The number of aliphatic hydroxyl groups is 2. The predicted octanol–water partition coefficient (Wildman–Crippen LogP) is 1.69. The molecule has 6 heteroatoms. The minimum absolute atomic E-state index is 0.0370. The highest BCUT2D eigenvalue weighted by Crippen LogP contribution is 2.67. The van der Waals surface area contributed by atoms with Crippen LogP contribution in [0, 0.1) is 40.4 Å². The molecule has 0 amide bonds. The Balaban J connectivity index is 1.93. The molecular formula is C21H30O6. The Morgan fingerprint density at radius 2 is 1.81 bits per heavy atom. The number of ether oxygens (including phenoxy) is 2. The van der Waals surface area contributed by atoms with E-state index in [0.29, 0.717) is 18.6 Å². The fraction of sp³-hybridized carbons (Fsp3) is 0.810. The van der Waals surface area contributed by atoms with Crippen molar-refractivity contribution in [2.24, 2.45) is 40.4 Å². The maximum absolute atomic E-state index is 13.5. The highest BCUT2D eigenvalue weighted by Gasteiger charge is 2.72. The van der Waals surface area contributed by atoms with Crippen LogP contribution >= 0.6 is 0 Å². The molecule has 0 aromatic heterocycles. The van der Waals surface area contributed by atoms with Crippen molar-refractivity contribution in [1.82, 2.24) is 0 Å². The summed E-state index contributed by atoms with van der Waals surface area (Å²) in [6.45, 7) is 7.79. The van der Waals surface area contributed by atoms with Gasteiger partial charge in [0.25, 0.3) is 0 Å². The van der Waals surface area contributed by atoms with Gasteiger partial charge in [0, 0.05) is 29.1 Å². The van der Waals surface area contributed by atoms with E-state index in [1.165, 1.54) is 7.11 Å². The van der Waals surface area contributed by atoms with Gasteiger partial charge in [0.15, 0.2) is 17.8 Å². The van der Waals surface area contributed by atoms with E-state index in [0.717, 1.165) is 0 Å². The van der Waals surface area contributed by atoms with E-state index in [-0.39, 0.29) is 41.3 Å². The molecule has 0 radical (unpaired) electrons. The van der Waals surface area contributed by atoms with Gasteiger partial charge in [0.2, 0.25) is 5.78 Å². The molecule has 1 heterocycles. The van der Waals surface area contributed by atoms with Crippen LogP contribution in [0.4, 0.5) is 0 Å². The maximum Gasteiger partial charge on any atom is 0.203 e. The molecule has 2 unspecified atom stereocenters. The van der Waals surface area contributed by atoms with Crippen LogP contribution in [0.5, 0.6) is 0 Å². The molecule has 2 N–H and O–H groups in total. The van der Waals surface area contributed by atoms with Crippen molar-refractivity contribution in [2.45, 2.75) is 59.0 Å². The number of ketones is 2. The van der Waals surface area contributed by atoms with Crippen LogP contribution in [0.3, 0.4) is 0 Å². The largest absolute Gasteiger partial charge is 0.493 e. The van der Waals surface area contributed by atoms with E-state index in [2.05, 4.69) is 0 Å². The average Bonchev–Trinajstić information content (AvgIpc) is 2.61. The van der Waals surface area contributed by atoms with Crippen molar-refractivity contribution in [1.29, 1.82) is 0 Å². The average molecular weight is 378 g/mol. The summed E-state index contributed by atoms with van der Waals surface area (Å²) < 4.78 is 11.3. The van der Waals surface area contributed by atoms with Crippen LogP contribution in [0.25, 0.3) is 0 Å². The SMILES string of the molecule is COC1=C[C@@H](C)C2C[C@H]3O[C@H](O)C[C@H]4[C@@H](C)C(=O)[C@@H](O)C([C@@]2(C)C1=O)[C@@]34C. The number of Topliss-reactive ketones (excluding diaryl/α,β-unsaturated/α-hetero) is 2. The summed E-state index contributed by atoms with van der Waals surface area (Å²) in [5.41, 5.74) is -1.48. The Morgan fingerprint density at radius 1 is 1.15 bits per heavy atom. The normalized spacial score (nSPS) is 54.7. The van der Waals surface area contributed by atoms with Crippen LogP contribution in [-0.2, 0) is 19.1 Å². The summed E-state index contributed by atoms with van der Waals surface area (Å²) in [4.78, 5) is 26.4. The fourth-order valence-corrected chi connectivity index (χ4v) is 7.16. The first-order valence-corrected chi connectivity index (χ1v) is 9.94.